The molecule has 6 aromatic carbocycles. The molecule has 0 saturated heterocycles. The van der Waals surface area contributed by atoms with E-state index in [1.54, 1.807) is 0 Å². The van der Waals surface area contributed by atoms with E-state index in [1.165, 1.54) is 134 Å². The van der Waals surface area contributed by atoms with Crippen LogP contribution in [0.15, 0.2) is 288 Å². The minimum absolute atomic E-state index is 0. The quantitative estimate of drug-likeness (QED) is 0.182. The van der Waals surface area contributed by atoms with Crippen molar-refractivity contribution in [3.05, 3.63) is 392 Å². The zero-order chi connectivity index (χ0) is 52.0. The summed E-state index contributed by atoms with van der Waals surface area (Å²) in [6, 6.07) is 51.5. The van der Waals surface area contributed by atoms with Crippen molar-refractivity contribution >= 4 is 33.4 Å². The number of hydrogen-bond donors (Lipinski definition) is 0. The summed E-state index contributed by atoms with van der Waals surface area (Å²) in [6.45, 7) is 0. The standard InChI is InChI=1S/6C13H9.6BrH/c6*1-3-7-12-10(5-1)9-11-6-2-4-8-13(11)12;;;;;;/h6*1-5,7-8H,9H2;6*1H/q6*+1;;;;;;/p-6. The Morgan fingerprint density at radius 2 is 0.333 bits per heavy atom. The van der Waals surface area contributed by atoms with E-state index in [9.17, 15) is 0 Å². The van der Waals surface area contributed by atoms with E-state index < -0.39 is 0 Å². The van der Waals surface area contributed by atoms with Crippen molar-refractivity contribution in [2.75, 3.05) is 0 Å². The topological polar surface area (TPSA) is 0 Å². The number of hydrogen-bond acceptors (Lipinski definition) is 0. The van der Waals surface area contributed by atoms with Crippen LogP contribution < -0.4 is 102 Å². The summed E-state index contributed by atoms with van der Waals surface area (Å²) in [4.78, 5) is 0. The van der Waals surface area contributed by atoms with Crippen LogP contribution in [0.3, 0.4) is 0 Å². The van der Waals surface area contributed by atoms with Gasteiger partial charge in [-0.1, -0.05) is 109 Å². The zero-order valence-corrected chi connectivity index (χ0v) is 55.3. The van der Waals surface area contributed by atoms with Gasteiger partial charge in [0, 0.05) is 145 Å². The van der Waals surface area contributed by atoms with Crippen LogP contribution in [-0.4, -0.2) is 0 Å². The third-order valence-corrected chi connectivity index (χ3v) is 15.7. The number of rotatable bonds is 0. The van der Waals surface area contributed by atoms with Crippen LogP contribution in [0.2, 0.25) is 0 Å². The normalized spacial score (nSPS) is 15.7. The molecule has 0 bridgehead atoms. The molecule has 0 aliphatic heterocycles. The molecule has 12 aliphatic rings. The maximum atomic E-state index is 3.30. The molecular weight excluding hydrogens is 1420 g/mol. The van der Waals surface area contributed by atoms with Crippen molar-refractivity contribution < 1.29 is 102 Å². The average molecular weight is 1470 g/mol. The Kier molecular flexibility index (Phi) is 23.2. The van der Waals surface area contributed by atoms with Gasteiger partial charge in [0.2, 0.25) is 0 Å². The van der Waals surface area contributed by atoms with Crippen molar-refractivity contribution in [1.29, 1.82) is 0 Å². The second kappa shape index (κ2) is 30.2. The van der Waals surface area contributed by atoms with Crippen LogP contribution in [-0.2, 0) is 38.5 Å². The van der Waals surface area contributed by atoms with E-state index in [1.807, 2.05) is 36.5 Å². The van der Waals surface area contributed by atoms with Gasteiger partial charge in [0.25, 0.3) is 0 Å². The van der Waals surface area contributed by atoms with E-state index >= 15 is 0 Å². The molecule has 6 heteroatoms. The molecule has 0 radical (unpaired) electrons. The molecule has 0 aromatic heterocycles. The molecule has 0 amide bonds. The number of allylic oxidation sites excluding steroid dienone is 36. The Morgan fingerprint density at radius 1 is 0.190 bits per heavy atom. The first-order valence-electron chi connectivity index (χ1n) is 27.2. The van der Waals surface area contributed by atoms with Crippen molar-refractivity contribution in [3.8, 4) is 0 Å². The lowest BCUT2D eigenvalue weighted by atomic mass is 10.0. The summed E-state index contributed by atoms with van der Waals surface area (Å²) in [6.07, 6.45) is 63.4. The molecule has 0 nitrogen and oxygen atoms in total. The number of halogens is 6. The minimum atomic E-state index is 0. The monoisotopic (exact) mass is 1460 g/mol. The SMILES string of the molecule is [Br-].[Br-].[Br-].[Br-].[Br-].[Br-].[C+]1=C2Cc3ccccc3C2=CC=C1.[C+]1=C2Cc3ccccc3C2=CC=C1.[C+]1=C2Cc3ccccc3C2=CC=C1.[C+]1=C2Cc3ccccc3C2=CC=C1.[C+]1=C2Cc3ccccc3C2=CC=C1.[C+]1=C2Cc3ccccc3C2=CC=C1. The lowest BCUT2D eigenvalue weighted by Gasteiger charge is -1.93. The van der Waals surface area contributed by atoms with E-state index in [4.69, 9.17) is 0 Å². The minimum Gasteiger partial charge on any atom is -1.00 e. The predicted octanol–water partition coefficient (Wildman–Crippen LogP) is -0.423. The Balaban J connectivity index is 0.000000143. The summed E-state index contributed by atoms with van der Waals surface area (Å²) in [5.41, 5.74) is 33.1. The van der Waals surface area contributed by atoms with Gasteiger partial charge in [-0.15, -0.1) is 0 Å². The molecule has 0 N–H and O–H groups in total. The first-order valence-corrected chi connectivity index (χ1v) is 27.2. The highest BCUT2D eigenvalue weighted by atomic mass is 79.9. The summed E-state index contributed by atoms with van der Waals surface area (Å²) in [7, 11) is 0. The van der Waals surface area contributed by atoms with Gasteiger partial charge in [-0.05, 0) is 69.8 Å². The predicted molar refractivity (Wildman–Crippen MR) is 324 cm³/mol. The van der Waals surface area contributed by atoms with Crippen molar-refractivity contribution in [2.24, 2.45) is 0 Å². The first kappa shape index (κ1) is 64.5. The molecule has 0 spiro atoms. The van der Waals surface area contributed by atoms with Crippen LogP contribution in [0.1, 0.15) is 66.8 Å². The largest absolute Gasteiger partial charge is 1.00 e. The van der Waals surface area contributed by atoms with Gasteiger partial charge in [0.05, 0.1) is 69.9 Å². The van der Waals surface area contributed by atoms with Crippen LogP contribution in [0, 0.1) is 36.5 Å². The third kappa shape index (κ3) is 13.7. The Labute approximate surface area is 560 Å². The van der Waals surface area contributed by atoms with Crippen LogP contribution in [0.25, 0.3) is 33.4 Å². The molecule has 0 atom stereocenters. The maximum Gasteiger partial charge on any atom is 0.128 e. The smallest absolute Gasteiger partial charge is 0.128 e. The van der Waals surface area contributed by atoms with E-state index in [0.29, 0.717) is 0 Å². The van der Waals surface area contributed by atoms with Gasteiger partial charge in [0.15, 0.2) is 0 Å². The summed E-state index contributed by atoms with van der Waals surface area (Å²) in [5.74, 6) is 0. The Morgan fingerprint density at radius 3 is 0.488 bits per heavy atom. The molecule has 0 unspecified atom stereocenters. The molecule has 18 rings (SSSR count). The molecule has 0 saturated carbocycles. The third-order valence-electron chi connectivity index (χ3n) is 15.7. The summed E-state index contributed by atoms with van der Waals surface area (Å²) < 4.78 is 0. The molecule has 6 aromatic rings. The summed E-state index contributed by atoms with van der Waals surface area (Å²) in [5, 5.41) is 0. The maximum absolute atomic E-state index is 3.30. The van der Waals surface area contributed by atoms with Crippen LogP contribution in [0.4, 0.5) is 0 Å². The van der Waals surface area contributed by atoms with Gasteiger partial charge < -0.3 is 102 Å². The van der Waals surface area contributed by atoms with Gasteiger partial charge in [0.1, 0.15) is 69.9 Å². The van der Waals surface area contributed by atoms with Crippen LogP contribution in [0.5, 0.6) is 0 Å². The Bertz CT molecular complexity index is 3380. The first-order chi connectivity index (χ1) is 38.7. The van der Waals surface area contributed by atoms with Crippen molar-refractivity contribution in [3.63, 3.8) is 0 Å². The summed E-state index contributed by atoms with van der Waals surface area (Å²) >= 11 is 0. The second-order valence-corrected chi connectivity index (χ2v) is 20.4. The van der Waals surface area contributed by atoms with Crippen LogP contribution >= 0.6 is 0 Å². The lowest BCUT2D eigenvalue weighted by Crippen LogP contribution is -3.00. The highest BCUT2D eigenvalue weighted by Gasteiger charge is 2.33. The van der Waals surface area contributed by atoms with Crippen molar-refractivity contribution in [1.82, 2.24) is 0 Å². The molecule has 0 heterocycles. The molecule has 12 aliphatic carbocycles. The number of fused-ring (bicyclic) bond motifs is 18. The lowest BCUT2D eigenvalue weighted by molar-refractivity contribution is -0.00100. The van der Waals surface area contributed by atoms with Gasteiger partial charge in [-0.2, -0.15) is 0 Å². The van der Waals surface area contributed by atoms with Gasteiger partial charge in [-0.25, -0.2) is 0 Å². The molecule has 408 valence electrons. The Hall–Kier alpha value is -7.02. The van der Waals surface area contributed by atoms with E-state index in [0.717, 1.165) is 38.5 Å². The van der Waals surface area contributed by atoms with Gasteiger partial charge in [-0.3, -0.25) is 0 Å². The zero-order valence-electron chi connectivity index (χ0n) is 45.8. The fourth-order valence-electron chi connectivity index (χ4n) is 12.0. The molecule has 84 heavy (non-hydrogen) atoms. The average Bonchev–Trinajstić information content (AvgIpc) is 4.58. The number of benzene rings is 6. The van der Waals surface area contributed by atoms with E-state index in [2.05, 4.69) is 255 Å². The van der Waals surface area contributed by atoms with Gasteiger partial charge >= 0.3 is 0 Å². The highest BCUT2D eigenvalue weighted by Crippen LogP contribution is 2.42. The van der Waals surface area contributed by atoms with E-state index in [-0.39, 0.29) is 102 Å². The highest BCUT2D eigenvalue weighted by molar-refractivity contribution is 5.91. The molecular formula is C78H54Br6. The molecule has 0 fully saturated rings. The second-order valence-electron chi connectivity index (χ2n) is 20.4. The van der Waals surface area contributed by atoms with Crippen molar-refractivity contribution in [2.45, 2.75) is 38.5 Å². The fourth-order valence-corrected chi connectivity index (χ4v) is 12.0. The fraction of sp³-hybridized carbons (Fsp3) is 0.0769.